The van der Waals surface area contributed by atoms with Crippen molar-refractivity contribution in [1.29, 1.82) is 0 Å². The molecule has 0 amide bonds. The molecule has 1 aromatic carbocycles. The number of hydrogen-bond acceptors (Lipinski definition) is 3. The lowest BCUT2D eigenvalue weighted by Crippen LogP contribution is -2.00. The Hall–Kier alpha value is -1.94. The summed E-state index contributed by atoms with van der Waals surface area (Å²) in [7, 11) is 0. The first-order valence-electron chi connectivity index (χ1n) is 6.06. The molecule has 1 atom stereocenters. The largest absolute Gasteiger partial charge is 0.455 e. The molecule has 0 aliphatic heterocycles. The van der Waals surface area contributed by atoms with Gasteiger partial charge in [0.15, 0.2) is 0 Å². The number of ether oxygens (including phenoxy) is 1. The molecule has 1 unspecified atom stereocenters. The molecule has 19 heavy (non-hydrogen) atoms. The quantitative estimate of drug-likeness (QED) is 0.916. The summed E-state index contributed by atoms with van der Waals surface area (Å²) < 4.78 is 19.3. The van der Waals surface area contributed by atoms with Gasteiger partial charge in [-0.2, -0.15) is 0 Å². The molecular weight excluding hydrogens is 245 g/mol. The number of aryl methyl sites for hydroxylation is 2. The van der Waals surface area contributed by atoms with Crippen molar-refractivity contribution in [2.45, 2.75) is 26.9 Å². The van der Waals surface area contributed by atoms with Gasteiger partial charge in [0.05, 0.1) is 17.9 Å². The SMILES string of the molecule is Cc1cc(Oc2cccc(F)c2C(C)O)cnc1C. The Kier molecular flexibility index (Phi) is 3.81. The molecule has 2 rings (SSSR count). The van der Waals surface area contributed by atoms with Gasteiger partial charge in [-0.05, 0) is 44.5 Å². The number of rotatable bonds is 3. The Morgan fingerprint density at radius 1 is 1.32 bits per heavy atom. The molecule has 0 saturated carbocycles. The third kappa shape index (κ3) is 2.90. The van der Waals surface area contributed by atoms with Crippen LogP contribution in [0.1, 0.15) is 29.8 Å². The monoisotopic (exact) mass is 261 g/mol. The first kappa shape index (κ1) is 13.5. The molecule has 0 fully saturated rings. The van der Waals surface area contributed by atoms with Crippen LogP contribution in [0.3, 0.4) is 0 Å². The summed E-state index contributed by atoms with van der Waals surface area (Å²) in [5, 5.41) is 9.63. The summed E-state index contributed by atoms with van der Waals surface area (Å²) >= 11 is 0. The van der Waals surface area contributed by atoms with Crippen LogP contribution in [0.25, 0.3) is 0 Å². The minimum Gasteiger partial charge on any atom is -0.455 e. The molecule has 0 radical (unpaired) electrons. The lowest BCUT2D eigenvalue weighted by Gasteiger charge is -2.14. The molecule has 1 heterocycles. The van der Waals surface area contributed by atoms with E-state index in [-0.39, 0.29) is 5.56 Å². The molecule has 4 heteroatoms. The Bertz CT molecular complexity index is 597. The number of aliphatic hydroxyl groups excluding tert-OH is 1. The molecular formula is C15H16FNO2. The van der Waals surface area contributed by atoms with Crippen molar-refractivity contribution in [2.75, 3.05) is 0 Å². The van der Waals surface area contributed by atoms with Gasteiger partial charge in [0.1, 0.15) is 17.3 Å². The maximum absolute atomic E-state index is 13.7. The van der Waals surface area contributed by atoms with E-state index in [4.69, 9.17) is 4.74 Å². The number of aliphatic hydroxyl groups is 1. The lowest BCUT2D eigenvalue weighted by atomic mass is 10.1. The van der Waals surface area contributed by atoms with Gasteiger partial charge in [0.25, 0.3) is 0 Å². The van der Waals surface area contributed by atoms with E-state index in [9.17, 15) is 9.50 Å². The van der Waals surface area contributed by atoms with E-state index in [1.54, 1.807) is 18.3 Å². The van der Waals surface area contributed by atoms with Crippen molar-refractivity contribution < 1.29 is 14.2 Å². The Morgan fingerprint density at radius 3 is 2.68 bits per heavy atom. The minimum absolute atomic E-state index is 0.153. The summed E-state index contributed by atoms with van der Waals surface area (Å²) in [5.41, 5.74) is 2.07. The van der Waals surface area contributed by atoms with Crippen LogP contribution in [-0.2, 0) is 0 Å². The van der Waals surface area contributed by atoms with Gasteiger partial charge in [-0.15, -0.1) is 0 Å². The average molecular weight is 261 g/mol. The molecule has 0 aliphatic carbocycles. The Morgan fingerprint density at radius 2 is 2.05 bits per heavy atom. The van der Waals surface area contributed by atoms with E-state index in [1.165, 1.54) is 13.0 Å². The maximum Gasteiger partial charge on any atom is 0.146 e. The van der Waals surface area contributed by atoms with Crippen molar-refractivity contribution in [3.63, 3.8) is 0 Å². The second-order valence-electron chi connectivity index (χ2n) is 4.50. The fraction of sp³-hybridized carbons (Fsp3) is 0.267. The summed E-state index contributed by atoms with van der Waals surface area (Å²) in [6.45, 7) is 5.34. The second kappa shape index (κ2) is 5.36. The highest BCUT2D eigenvalue weighted by atomic mass is 19.1. The normalized spacial score (nSPS) is 12.3. The van der Waals surface area contributed by atoms with Gasteiger partial charge < -0.3 is 9.84 Å². The molecule has 0 spiro atoms. The van der Waals surface area contributed by atoms with E-state index in [1.807, 2.05) is 19.9 Å². The highest BCUT2D eigenvalue weighted by Crippen LogP contribution is 2.31. The molecule has 1 aromatic heterocycles. The van der Waals surface area contributed by atoms with Crippen LogP contribution in [0.2, 0.25) is 0 Å². The number of hydrogen-bond donors (Lipinski definition) is 1. The zero-order valence-electron chi connectivity index (χ0n) is 11.1. The Balaban J connectivity index is 2.38. The first-order chi connectivity index (χ1) is 8.99. The zero-order chi connectivity index (χ0) is 14.0. The number of pyridine rings is 1. The van der Waals surface area contributed by atoms with Crippen molar-refractivity contribution in [1.82, 2.24) is 4.98 Å². The lowest BCUT2D eigenvalue weighted by molar-refractivity contribution is 0.190. The number of halogens is 1. The highest BCUT2D eigenvalue weighted by molar-refractivity contribution is 5.40. The number of aromatic nitrogens is 1. The van der Waals surface area contributed by atoms with Gasteiger partial charge >= 0.3 is 0 Å². The van der Waals surface area contributed by atoms with Gasteiger partial charge in [-0.25, -0.2) is 4.39 Å². The minimum atomic E-state index is -0.935. The van der Waals surface area contributed by atoms with Crippen LogP contribution in [0.4, 0.5) is 4.39 Å². The van der Waals surface area contributed by atoms with Crippen LogP contribution in [0, 0.1) is 19.7 Å². The summed E-state index contributed by atoms with van der Waals surface area (Å²) in [4.78, 5) is 4.19. The maximum atomic E-state index is 13.7. The first-order valence-corrected chi connectivity index (χ1v) is 6.06. The molecule has 3 nitrogen and oxygen atoms in total. The van der Waals surface area contributed by atoms with Gasteiger partial charge in [-0.3, -0.25) is 4.98 Å². The molecule has 100 valence electrons. The average Bonchev–Trinajstić information content (AvgIpc) is 2.33. The molecule has 0 saturated heterocycles. The van der Waals surface area contributed by atoms with Gasteiger partial charge in [0.2, 0.25) is 0 Å². The smallest absolute Gasteiger partial charge is 0.146 e. The second-order valence-corrected chi connectivity index (χ2v) is 4.50. The van der Waals surface area contributed by atoms with Crippen LogP contribution in [0.5, 0.6) is 11.5 Å². The molecule has 0 bridgehead atoms. The summed E-state index contributed by atoms with van der Waals surface area (Å²) in [5.74, 6) is 0.347. The van der Waals surface area contributed by atoms with E-state index in [0.717, 1.165) is 11.3 Å². The Labute approximate surface area is 111 Å². The molecule has 2 aromatic rings. The van der Waals surface area contributed by atoms with Crippen molar-refractivity contribution in [2.24, 2.45) is 0 Å². The molecule has 0 aliphatic rings. The number of benzene rings is 1. The van der Waals surface area contributed by atoms with Crippen LogP contribution < -0.4 is 4.74 Å². The van der Waals surface area contributed by atoms with E-state index >= 15 is 0 Å². The fourth-order valence-corrected chi connectivity index (χ4v) is 1.81. The fourth-order valence-electron chi connectivity index (χ4n) is 1.81. The van der Waals surface area contributed by atoms with Crippen molar-refractivity contribution in [3.05, 3.63) is 53.1 Å². The van der Waals surface area contributed by atoms with Crippen LogP contribution >= 0.6 is 0 Å². The highest BCUT2D eigenvalue weighted by Gasteiger charge is 2.15. The number of nitrogens with zero attached hydrogens (tertiary/aromatic N) is 1. The van der Waals surface area contributed by atoms with Crippen molar-refractivity contribution in [3.8, 4) is 11.5 Å². The summed E-state index contributed by atoms with van der Waals surface area (Å²) in [6.07, 6.45) is 0.648. The van der Waals surface area contributed by atoms with Crippen LogP contribution in [0.15, 0.2) is 30.5 Å². The summed E-state index contributed by atoms with van der Waals surface area (Å²) in [6, 6.07) is 6.30. The third-order valence-corrected chi connectivity index (χ3v) is 2.97. The van der Waals surface area contributed by atoms with E-state index in [2.05, 4.69) is 4.98 Å². The van der Waals surface area contributed by atoms with E-state index in [0.29, 0.717) is 11.5 Å². The van der Waals surface area contributed by atoms with Crippen LogP contribution in [-0.4, -0.2) is 10.1 Å². The standard InChI is InChI=1S/C15H16FNO2/c1-9-7-12(8-17-10(9)2)19-14-6-4-5-13(16)15(14)11(3)18/h4-8,11,18H,1-3H3. The van der Waals surface area contributed by atoms with Gasteiger partial charge in [-0.1, -0.05) is 6.07 Å². The van der Waals surface area contributed by atoms with Gasteiger partial charge in [0, 0.05) is 5.69 Å². The van der Waals surface area contributed by atoms with E-state index < -0.39 is 11.9 Å². The predicted octanol–water partition coefficient (Wildman–Crippen LogP) is 3.68. The van der Waals surface area contributed by atoms with Crippen molar-refractivity contribution >= 4 is 0 Å². The zero-order valence-corrected chi connectivity index (χ0v) is 11.1. The predicted molar refractivity (Wildman–Crippen MR) is 70.8 cm³/mol. The molecule has 1 N–H and O–H groups in total. The topological polar surface area (TPSA) is 42.4 Å². The third-order valence-electron chi connectivity index (χ3n) is 2.97.